The van der Waals surface area contributed by atoms with Crippen molar-refractivity contribution in [2.45, 2.75) is 33.2 Å². The monoisotopic (exact) mass is 284 g/mol. The van der Waals surface area contributed by atoms with E-state index in [0.717, 1.165) is 12.8 Å². The molecular formula is C12H20N4O4. The highest BCUT2D eigenvalue weighted by Crippen LogP contribution is 2.24. The van der Waals surface area contributed by atoms with Crippen molar-refractivity contribution in [3.8, 4) is 0 Å². The second-order valence-corrected chi connectivity index (χ2v) is 4.77. The number of nitrogens with zero attached hydrogens (tertiary/aromatic N) is 3. The van der Waals surface area contributed by atoms with Crippen LogP contribution >= 0.6 is 0 Å². The van der Waals surface area contributed by atoms with E-state index in [4.69, 9.17) is 0 Å². The van der Waals surface area contributed by atoms with Crippen LogP contribution in [0, 0.1) is 15.5 Å². The van der Waals surface area contributed by atoms with Gasteiger partial charge in [0, 0.05) is 12.0 Å². The SMILES string of the molecule is CCC(CC)(CO)CNC(=O)Cn1ccc([N+](=O)[O-])n1. The lowest BCUT2D eigenvalue weighted by Crippen LogP contribution is -2.40. The number of nitro groups is 1. The van der Waals surface area contributed by atoms with Crippen LogP contribution in [0.25, 0.3) is 0 Å². The Bertz CT molecular complexity index is 460. The predicted octanol–water partition coefficient (Wildman–Crippen LogP) is 0.706. The van der Waals surface area contributed by atoms with Crippen molar-refractivity contribution in [2.75, 3.05) is 13.2 Å². The Hall–Kier alpha value is -1.96. The number of amides is 1. The summed E-state index contributed by atoms with van der Waals surface area (Å²) in [5, 5.41) is 26.3. The number of aliphatic hydroxyl groups is 1. The highest BCUT2D eigenvalue weighted by Gasteiger charge is 2.26. The summed E-state index contributed by atoms with van der Waals surface area (Å²) in [6, 6.07) is 1.24. The van der Waals surface area contributed by atoms with Crippen molar-refractivity contribution in [1.29, 1.82) is 0 Å². The first-order valence-corrected chi connectivity index (χ1v) is 6.51. The predicted molar refractivity (Wildman–Crippen MR) is 72.0 cm³/mol. The highest BCUT2D eigenvalue weighted by molar-refractivity contribution is 5.75. The van der Waals surface area contributed by atoms with E-state index in [1.54, 1.807) is 0 Å². The largest absolute Gasteiger partial charge is 0.396 e. The maximum atomic E-state index is 11.8. The number of rotatable bonds is 8. The topological polar surface area (TPSA) is 110 Å². The Morgan fingerprint density at radius 3 is 2.65 bits per heavy atom. The van der Waals surface area contributed by atoms with Gasteiger partial charge in [0.1, 0.15) is 6.54 Å². The molecule has 8 nitrogen and oxygen atoms in total. The van der Waals surface area contributed by atoms with E-state index in [0.29, 0.717) is 6.54 Å². The van der Waals surface area contributed by atoms with Gasteiger partial charge in [-0.25, -0.2) is 0 Å². The molecule has 0 aliphatic heterocycles. The molecule has 0 spiro atoms. The van der Waals surface area contributed by atoms with Crippen molar-refractivity contribution < 1.29 is 14.8 Å². The van der Waals surface area contributed by atoms with Crippen LogP contribution in [0.1, 0.15) is 26.7 Å². The normalized spacial score (nSPS) is 11.3. The molecule has 0 aliphatic rings. The summed E-state index contributed by atoms with van der Waals surface area (Å²) in [4.78, 5) is 21.6. The summed E-state index contributed by atoms with van der Waals surface area (Å²) in [5.41, 5.74) is -0.314. The molecule has 0 saturated carbocycles. The molecule has 1 amide bonds. The molecule has 1 aromatic heterocycles. The zero-order valence-electron chi connectivity index (χ0n) is 11.7. The molecule has 1 heterocycles. The molecule has 0 aromatic carbocycles. The minimum absolute atomic E-state index is 0.00746. The summed E-state index contributed by atoms with van der Waals surface area (Å²) < 4.78 is 1.21. The van der Waals surface area contributed by atoms with Crippen molar-refractivity contribution in [3.05, 3.63) is 22.4 Å². The summed E-state index contributed by atoms with van der Waals surface area (Å²) in [6.07, 6.45) is 2.90. The third kappa shape index (κ3) is 4.02. The quantitative estimate of drug-likeness (QED) is 0.539. The van der Waals surface area contributed by atoms with Gasteiger partial charge in [-0.3, -0.25) is 4.79 Å². The molecule has 0 atom stereocenters. The van der Waals surface area contributed by atoms with Crippen LogP contribution < -0.4 is 5.32 Å². The standard InChI is InChI=1S/C12H20N4O4/c1-3-12(4-2,9-17)8-13-11(18)7-15-6-5-10(14-15)16(19)20/h5-6,17H,3-4,7-9H2,1-2H3,(H,13,18). The summed E-state index contributed by atoms with van der Waals surface area (Å²) in [7, 11) is 0. The van der Waals surface area contributed by atoms with Crippen LogP contribution in [-0.2, 0) is 11.3 Å². The van der Waals surface area contributed by atoms with Gasteiger partial charge in [0.25, 0.3) is 0 Å². The minimum atomic E-state index is -0.612. The second kappa shape index (κ2) is 6.99. The average molecular weight is 284 g/mol. The first-order valence-electron chi connectivity index (χ1n) is 6.51. The Kier molecular flexibility index (Phi) is 5.63. The molecule has 1 aromatic rings. The third-order valence-electron chi connectivity index (χ3n) is 3.62. The lowest BCUT2D eigenvalue weighted by molar-refractivity contribution is -0.389. The second-order valence-electron chi connectivity index (χ2n) is 4.77. The van der Waals surface area contributed by atoms with Crippen molar-refractivity contribution in [2.24, 2.45) is 5.41 Å². The first-order chi connectivity index (χ1) is 9.46. The van der Waals surface area contributed by atoms with Crippen LogP contribution in [0.4, 0.5) is 5.82 Å². The molecule has 0 fully saturated rings. The molecule has 112 valence electrons. The van der Waals surface area contributed by atoms with E-state index in [9.17, 15) is 20.0 Å². The van der Waals surface area contributed by atoms with Crippen molar-refractivity contribution in [3.63, 3.8) is 0 Å². The minimum Gasteiger partial charge on any atom is -0.396 e. The number of aliphatic hydroxyl groups excluding tert-OH is 1. The molecule has 20 heavy (non-hydrogen) atoms. The van der Waals surface area contributed by atoms with Gasteiger partial charge in [0.2, 0.25) is 5.91 Å². The Morgan fingerprint density at radius 1 is 1.55 bits per heavy atom. The Labute approximate surface area is 116 Å². The fraction of sp³-hybridized carbons (Fsp3) is 0.667. The van der Waals surface area contributed by atoms with Crippen LogP contribution in [0.5, 0.6) is 0 Å². The Balaban J connectivity index is 2.53. The van der Waals surface area contributed by atoms with Crippen molar-refractivity contribution >= 4 is 11.7 Å². The molecular weight excluding hydrogens is 264 g/mol. The van der Waals surface area contributed by atoms with E-state index < -0.39 is 4.92 Å². The molecule has 2 N–H and O–H groups in total. The number of aromatic nitrogens is 2. The van der Waals surface area contributed by atoms with Gasteiger partial charge in [0.15, 0.2) is 0 Å². The van der Waals surface area contributed by atoms with Gasteiger partial charge in [-0.05, 0) is 17.8 Å². The highest BCUT2D eigenvalue weighted by atomic mass is 16.6. The molecule has 0 radical (unpaired) electrons. The van der Waals surface area contributed by atoms with E-state index in [1.807, 2.05) is 13.8 Å². The number of hydrogen-bond donors (Lipinski definition) is 2. The van der Waals surface area contributed by atoms with Gasteiger partial charge in [-0.15, -0.1) is 0 Å². The number of nitrogens with one attached hydrogen (secondary N) is 1. The Morgan fingerprint density at radius 2 is 2.20 bits per heavy atom. The van der Waals surface area contributed by atoms with E-state index in [-0.39, 0.29) is 30.3 Å². The molecule has 0 aliphatic carbocycles. The average Bonchev–Trinajstić information content (AvgIpc) is 2.90. The van der Waals surface area contributed by atoms with E-state index in [2.05, 4.69) is 10.4 Å². The maximum absolute atomic E-state index is 11.8. The number of hydrogen-bond acceptors (Lipinski definition) is 5. The van der Waals surface area contributed by atoms with Gasteiger partial charge < -0.3 is 20.5 Å². The third-order valence-corrected chi connectivity index (χ3v) is 3.62. The summed E-state index contributed by atoms with van der Waals surface area (Å²) >= 11 is 0. The fourth-order valence-corrected chi connectivity index (χ4v) is 1.81. The van der Waals surface area contributed by atoms with Gasteiger partial charge in [-0.2, -0.15) is 4.68 Å². The van der Waals surface area contributed by atoms with E-state index in [1.165, 1.54) is 16.9 Å². The van der Waals surface area contributed by atoms with Crippen LogP contribution in [0.2, 0.25) is 0 Å². The summed E-state index contributed by atoms with van der Waals surface area (Å²) in [6.45, 7) is 4.22. The van der Waals surface area contributed by atoms with Crippen molar-refractivity contribution in [1.82, 2.24) is 15.1 Å². The smallest absolute Gasteiger partial charge is 0.389 e. The molecule has 0 bridgehead atoms. The number of carbonyl (C=O) groups is 1. The van der Waals surface area contributed by atoms with Crippen LogP contribution in [0.15, 0.2) is 12.3 Å². The van der Waals surface area contributed by atoms with Gasteiger partial charge in [0.05, 0.1) is 24.0 Å². The lowest BCUT2D eigenvalue weighted by atomic mass is 9.83. The zero-order chi connectivity index (χ0) is 15.2. The lowest BCUT2D eigenvalue weighted by Gasteiger charge is -2.29. The van der Waals surface area contributed by atoms with Gasteiger partial charge in [-0.1, -0.05) is 13.8 Å². The first kappa shape index (κ1) is 16.1. The van der Waals surface area contributed by atoms with Crippen LogP contribution in [0.3, 0.4) is 0 Å². The molecule has 0 saturated heterocycles. The van der Waals surface area contributed by atoms with Gasteiger partial charge >= 0.3 is 5.82 Å². The zero-order valence-corrected chi connectivity index (χ0v) is 11.7. The summed E-state index contributed by atoms with van der Waals surface area (Å²) in [5.74, 6) is -0.577. The molecule has 8 heteroatoms. The van der Waals surface area contributed by atoms with Crippen LogP contribution in [-0.4, -0.2) is 38.9 Å². The molecule has 0 unspecified atom stereocenters. The fourth-order valence-electron chi connectivity index (χ4n) is 1.81. The molecule has 1 rings (SSSR count). The van der Waals surface area contributed by atoms with E-state index >= 15 is 0 Å². The maximum Gasteiger partial charge on any atom is 0.389 e. The number of carbonyl (C=O) groups excluding carboxylic acids is 1.